The molecule has 0 atom stereocenters. The number of hydrogen-bond acceptors (Lipinski definition) is 4. The Bertz CT molecular complexity index is 685. The Labute approximate surface area is 116 Å². The highest BCUT2D eigenvalue weighted by molar-refractivity contribution is 9.10. The zero-order valence-corrected chi connectivity index (χ0v) is 12.1. The third-order valence-corrected chi connectivity index (χ3v) is 6.10. The Balaban J connectivity index is 2.37. The second kappa shape index (κ2) is 4.87. The van der Waals surface area contributed by atoms with Crippen LogP contribution in [0.25, 0.3) is 0 Å². The van der Waals surface area contributed by atoms with Crippen molar-refractivity contribution >= 4 is 48.7 Å². The quantitative estimate of drug-likeness (QED) is 0.835. The molecule has 0 radical (unpaired) electrons. The van der Waals surface area contributed by atoms with E-state index >= 15 is 0 Å². The first-order chi connectivity index (χ1) is 8.40. The molecule has 3 N–H and O–H groups in total. The summed E-state index contributed by atoms with van der Waals surface area (Å²) in [4.78, 5) is 0. The summed E-state index contributed by atoms with van der Waals surface area (Å²) in [5.41, 5.74) is 5.48. The lowest BCUT2D eigenvalue weighted by Gasteiger charge is -2.08. The fourth-order valence-corrected chi connectivity index (χ4v) is 4.68. The van der Waals surface area contributed by atoms with Gasteiger partial charge in [-0.25, -0.2) is 12.8 Å². The zero-order valence-electron chi connectivity index (χ0n) is 8.85. The van der Waals surface area contributed by atoms with E-state index in [0.717, 1.165) is 17.4 Å². The smallest absolute Gasteiger partial charge is 0.272 e. The molecule has 0 aliphatic carbocycles. The largest absolute Gasteiger partial charge is 0.399 e. The topological polar surface area (TPSA) is 72.2 Å². The predicted octanol–water partition coefficient (Wildman–Crippen LogP) is 3.03. The lowest BCUT2D eigenvalue weighted by molar-refractivity contribution is 0.600. The first-order valence-electron chi connectivity index (χ1n) is 4.71. The molecule has 0 bridgehead atoms. The average Bonchev–Trinajstić information content (AvgIpc) is 2.69. The number of sulfonamides is 1. The van der Waals surface area contributed by atoms with Gasteiger partial charge in [-0.15, -0.1) is 11.3 Å². The van der Waals surface area contributed by atoms with Gasteiger partial charge < -0.3 is 5.73 Å². The van der Waals surface area contributed by atoms with Gasteiger partial charge in [0.15, 0.2) is 4.21 Å². The van der Waals surface area contributed by atoms with Crippen LogP contribution in [0.5, 0.6) is 0 Å². The van der Waals surface area contributed by atoms with Gasteiger partial charge in [0, 0.05) is 10.2 Å². The summed E-state index contributed by atoms with van der Waals surface area (Å²) in [6, 6.07) is 5.37. The standard InChI is InChI=1S/C10H8BrFN2O2S2/c11-7-3-4-17-10(7)18(15,16)14-9-2-1-6(13)5-8(9)12/h1-5,14H,13H2. The van der Waals surface area contributed by atoms with Crippen molar-refractivity contribution in [3.8, 4) is 0 Å². The van der Waals surface area contributed by atoms with Crippen LogP contribution in [0, 0.1) is 5.82 Å². The van der Waals surface area contributed by atoms with Crippen molar-refractivity contribution < 1.29 is 12.8 Å². The maximum Gasteiger partial charge on any atom is 0.272 e. The van der Waals surface area contributed by atoms with Gasteiger partial charge >= 0.3 is 0 Å². The van der Waals surface area contributed by atoms with E-state index in [1.54, 1.807) is 11.4 Å². The summed E-state index contributed by atoms with van der Waals surface area (Å²) in [5.74, 6) is -0.716. The monoisotopic (exact) mass is 350 g/mol. The molecule has 0 unspecified atom stereocenters. The van der Waals surface area contributed by atoms with Gasteiger partial charge in [0.05, 0.1) is 5.69 Å². The molecule has 0 saturated carbocycles. The lowest BCUT2D eigenvalue weighted by Crippen LogP contribution is -2.13. The highest BCUT2D eigenvalue weighted by atomic mass is 79.9. The van der Waals surface area contributed by atoms with Crippen molar-refractivity contribution in [3.63, 3.8) is 0 Å². The van der Waals surface area contributed by atoms with Crippen molar-refractivity contribution in [3.05, 3.63) is 39.9 Å². The summed E-state index contributed by atoms with van der Waals surface area (Å²) >= 11 is 4.16. The number of nitrogens with two attached hydrogens (primary N) is 1. The van der Waals surface area contributed by atoms with E-state index in [1.807, 2.05) is 0 Å². The van der Waals surface area contributed by atoms with Crippen molar-refractivity contribution in [1.29, 1.82) is 0 Å². The molecule has 0 amide bonds. The minimum Gasteiger partial charge on any atom is -0.399 e. The minimum atomic E-state index is -3.80. The molecule has 2 rings (SSSR count). The van der Waals surface area contributed by atoms with E-state index < -0.39 is 15.8 Å². The van der Waals surface area contributed by atoms with Crippen molar-refractivity contribution in [2.24, 2.45) is 0 Å². The van der Waals surface area contributed by atoms with Crippen LogP contribution in [-0.2, 0) is 10.0 Å². The molecule has 0 spiro atoms. The molecular weight excluding hydrogens is 343 g/mol. The Kier molecular flexibility index (Phi) is 3.60. The maximum absolute atomic E-state index is 13.5. The van der Waals surface area contributed by atoms with Gasteiger partial charge in [-0.05, 0) is 45.6 Å². The second-order valence-corrected chi connectivity index (χ2v) is 7.05. The SMILES string of the molecule is Nc1ccc(NS(=O)(=O)c2sccc2Br)c(F)c1. The molecule has 0 aliphatic heterocycles. The van der Waals surface area contributed by atoms with Crippen molar-refractivity contribution in [2.45, 2.75) is 4.21 Å². The molecule has 1 heterocycles. The molecule has 8 heteroatoms. The zero-order chi connectivity index (χ0) is 13.3. The van der Waals surface area contributed by atoms with Gasteiger partial charge in [-0.1, -0.05) is 0 Å². The lowest BCUT2D eigenvalue weighted by atomic mass is 10.3. The van der Waals surface area contributed by atoms with E-state index in [0.29, 0.717) is 4.47 Å². The first kappa shape index (κ1) is 13.3. The van der Waals surface area contributed by atoms with E-state index in [2.05, 4.69) is 20.7 Å². The average molecular weight is 351 g/mol. The Morgan fingerprint density at radius 1 is 1.33 bits per heavy atom. The molecule has 0 fully saturated rings. The third kappa shape index (κ3) is 2.65. The summed E-state index contributed by atoms with van der Waals surface area (Å²) in [5, 5.41) is 1.62. The molecule has 18 heavy (non-hydrogen) atoms. The first-order valence-corrected chi connectivity index (χ1v) is 7.86. The van der Waals surface area contributed by atoms with Crippen molar-refractivity contribution in [2.75, 3.05) is 10.5 Å². The van der Waals surface area contributed by atoms with Crippen LogP contribution in [0.2, 0.25) is 0 Å². The second-order valence-electron chi connectivity index (χ2n) is 3.40. The Hall–Kier alpha value is -1.12. The van der Waals surface area contributed by atoms with E-state index in [-0.39, 0.29) is 15.6 Å². The van der Waals surface area contributed by atoms with Crippen LogP contribution in [-0.4, -0.2) is 8.42 Å². The minimum absolute atomic E-state index is 0.0960. The maximum atomic E-state index is 13.5. The van der Waals surface area contributed by atoms with Gasteiger partial charge in [-0.3, -0.25) is 4.72 Å². The number of anilines is 2. The van der Waals surface area contributed by atoms with E-state index in [9.17, 15) is 12.8 Å². The summed E-state index contributed by atoms with van der Waals surface area (Å²) in [6.45, 7) is 0. The van der Waals surface area contributed by atoms with Crippen LogP contribution in [0.4, 0.5) is 15.8 Å². The van der Waals surface area contributed by atoms with Gasteiger partial charge in [0.2, 0.25) is 0 Å². The molecule has 0 aliphatic rings. The van der Waals surface area contributed by atoms with Crippen LogP contribution < -0.4 is 10.5 Å². The van der Waals surface area contributed by atoms with Crippen LogP contribution >= 0.6 is 27.3 Å². The molecular formula is C10H8BrFN2O2S2. The molecule has 96 valence electrons. The summed E-state index contributed by atoms with van der Waals surface area (Å²) in [7, 11) is -3.80. The fourth-order valence-electron chi connectivity index (χ4n) is 1.28. The predicted molar refractivity (Wildman–Crippen MR) is 73.6 cm³/mol. The molecule has 2 aromatic rings. The highest BCUT2D eigenvalue weighted by Crippen LogP contribution is 2.30. The Morgan fingerprint density at radius 2 is 2.06 bits per heavy atom. The van der Waals surface area contributed by atoms with Gasteiger partial charge in [0.25, 0.3) is 10.0 Å². The number of hydrogen-bond donors (Lipinski definition) is 2. The number of nitrogens with one attached hydrogen (secondary N) is 1. The Morgan fingerprint density at radius 3 is 2.61 bits per heavy atom. The molecule has 4 nitrogen and oxygen atoms in total. The number of thiophene rings is 1. The number of nitrogen functional groups attached to an aromatic ring is 1. The summed E-state index contributed by atoms with van der Waals surface area (Å²) < 4.78 is 40.2. The summed E-state index contributed by atoms with van der Waals surface area (Å²) in [6.07, 6.45) is 0. The number of rotatable bonds is 3. The van der Waals surface area contributed by atoms with E-state index in [1.165, 1.54) is 12.1 Å². The van der Waals surface area contributed by atoms with Gasteiger partial charge in [-0.2, -0.15) is 0 Å². The molecule has 1 aromatic heterocycles. The van der Waals surface area contributed by atoms with Crippen LogP contribution in [0.1, 0.15) is 0 Å². The molecule has 0 saturated heterocycles. The highest BCUT2D eigenvalue weighted by Gasteiger charge is 2.20. The van der Waals surface area contributed by atoms with Crippen molar-refractivity contribution in [1.82, 2.24) is 0 Å². The number of halogens is 2. The number of benzene rings is 1. The van der Waals surface area contributed by atoms with Crippen LogP contribution in [0.3, 0.4) is 0 Å². The van der Waals surface area contributed by atoms with Crippen LogP contribution in [0.15, 0.2) is 38.3 Å². The van der Waals surface area contributed by atoms with E-state index in [4.69, 9.17) is 5.73 Å². The fraction of sp³-hybridized carbons (Fsp3) is 0. The normalized spacial score (nSPS) is 11.4. The molecule has 1 aromatic carbocycles. The third-order valence-electron chi connectivity index (χ3n) is 2.07. The van der Waals surface area contributed by atoms with Gasteiger partial charge in [0.1, 0.15) is 5.82 Å².